The summed E-state index contributed by atoms with van der Waals surface area (Å²) in [5, 5.41) is 7.11. The van der Waals surface area contributed by atoms with Crippen molar-refractivity contribution in [2.75, 3.05) is 36.2 Å². The van der Waals surface area contributed by atoms with Crippen LogP contribution < -0.4 is 15.5 Å². The first-order chi connectivity index (χ1) is 11.0. The number of halogens is 2. The summed E-state index contributed by atoms with van der Waals surface area (Å²) in [6.45, 7) is 0.489. The van der Waals surface area contributed by atoms with Crippen molar-refractivity contribution in [1.29, 1.82) is 0 Å². The Morgan fingerprint density at radius 2 is 1.78 bits per heavy atom. The molecule has 0 bridgehead atoms. The van der Waals surface area contributed by atoms with Crippen molar-refractivity contribution in [3.05, 3.63) is 52.5 Å². The van der Waals surface area contributed by atoms with Crippen molar-refractivity contribution in [2.24, 2.45) is 0 Å². The van der Waals surface area contributed by atoms with Crippen LogP contribution >= 0.6 is 23.2 Å². The van der Waals surface area contributed by atoms with Crippen molar-refractivity contribution in [2.45, 2.75) is 6.42 Å². The molecule has 0 spiro atoms. The number of hydrogen-bond acceptors (Lipinski definition) is 3. The van der Waals surface area contributed by atoms with E-state index in [9.17, 15) is 4.79 Å². The second-order valence-electron chi connectivity index (χ2n) is 5.29. The molecular weight excluding hydrogens is 333 g/mol. The molecule has 1 amide bonds. The third-order valence-electron chi connectivity index (χ3n) is 3.27. The van der Waals surface area contributed by atoms with Gasteiger partial charge in [-0.1, -0.05) is 23.2 Å². The molecule has 0 aliphatic heterocycles. The van der Waals surface area contributed by atoms with E-state index >= 15 is 0 Å². The molecular formula is C17H19Cl2N3O. The lowest BCUT2D eigenvalue weighted by Crippen LogP contribution is -2.16. The van der Waals surface area contributed by atoms with E-state index in [1.54, 1.807) is 18.2 Å². The molecule has 0 atom stereocenters. The lowest BCUT2D eigenvalue weighted by Gasteiger charge is -2.13. The van der Waals surface area contributed by atoms with Crippen LogP contribution in [0.4, 0.5) is 17.1 Å². The first-order valence-electron chi connectivity index (χ1n) is 7.22. The van der Waals surface area contributed by atoms with Crippen molar-refractivity contribution >= 4 is 46.2 Å². The number of hydrogen-bond donors (Lipinski definition) is 2. The molecule has 0 saturated heterocycles. The second-order valence-corrected chi connectivity index (χ2v) is 6.13. The molecule has 0 unspecified atom stereocenters. The normalized spacial score (nSPS) is 10.3. The van der Waals surface area contributed by atoms with Crippen molar-refractivity contribution in [3.63, 3.8) is 0 Å². The summed E-state index contributed by atoms with van der Waals surface area (Å²) in [4.78, 5) is 14.0. The first kappa shape index (κ1) is 17.4. The van der Waals surface area contributed by atoms with Gasteiger partial charge in [0.2, 0.25) is 5.91 Å². The number of anilines is 3. The molecule has 2 rings (SSSR count). The first-order valence-corrected chi connectivity index (χ1v) is 7.97. The Morgan fingerprint density at radius 3 is 2.39 bits per heavy atom. The molecule has 4 nitrogen and oxygen atoms in total. The summed E-state index contributed by atoms with van der Waals surface area (Å²) in [6.07, 6.45) is 0.342. The molecule has 23 heavy (non-hydrogen) atoms. The fourth-order valence-corrected chi connectivity index (χ4v) is 2.49. The highest BCUT2D eigenvalue weighted by atomic mass is 35.5. The van der Waals surface area contributed by atoms with E-state index in [-0.39, 0.29) is 5.91 Å². The molecule has 2 aromatic rings. The number of carbonyl (C=O) groups excluding carboxylic acids is 1. The van der Waals surface area contributed by atoms with E-state index in [4.69, 9.17) is 23.2 Å². The number of nitrogens with one attached hydrogen (secondary N) is 2. The fourth-order valence-electron chi connectivity index (χ4n) is 2.01. The molecule has 6 heteroatoms. The Labute approximate surface area is 146 Å². The van der Waals surface area contributed by atoms with E-state index in [1.165, 1.54) is 0 Å². The van der Waals surface area contributed by atoms with Crippen LogP contribution in [0.5, 0.6) is 0 Å². The minimum Gasteiger partial charge on any atom is -0.383 e. The number of nitrogens with zero attached hydrogens (tertiary/aromatic N) is 1. The van der Waals surface area contributed by atoms with Gasteiger partial charge in [0.25, 0.3) is 0 Å². The van der Waals surface area contributed by atoms with Crippen molar-refractivity contribution < 1.29 is 4.79 Å². The third-order valence-corrected chi connectivity index (χ3v) is 3.81. The predicted molar refractivity (Wildman–Crippen MR) is 99.0 cm³/mol. The zero-order chi connectivity index (χ0) is 16.8. The fraction of sp³-hybridized carbons (Fsp3) is 0.235. The molecule has 122 valence electrons. The van der Waals surface area contributed by atoms with Crippen molar-refractivity contribution in [1.82, 2.24) is 0 Å². The molecule has 0 radical (unpaired) electrons. The van der Waals surface area contributed by atoms with Gasteiger partial charge in [0.15, 0.2) is 0 Å². The Bertz CT molecular complexity index is 672. The van der Waals surface area contributed by atoms with E-state index < -0.39 is 0 Å². The highest BCUT2D eigenvalue weighted by molar-refractivity contribution is 6.36. The average Bonchev–Trinajstić information content (AvgIpc) is 2.50. The number of rotatable bonds is 6. The Balaban J connectivity index is 1.80. The Kier molecular flexibility index (Phi) is 6.13. The maximum Gasteiger partial charge on any atom is 0.226 e. The van der Waals surface area contributed by atoms with Crippen LogP contribution in [0.25, 0.3) is 0 Å². The Hall–Kier alpha value is -1.91. The van der Waals surface area contributed by atoms with Gasteiger partial charge in [0.05, 0.1) is 10.7 Å². The zero-order valence-electron chi connectivity index (χ0n) is 13.1. The number of amides is 1. The van der Waals surface area contributed by atoms with E-state index in [0.29, 0.717) is 23.0 Å². The molecule has 0 heterocycles. The van der Waals surface area contributed by atoms with Crippen molar-refractivity contribution in [3.8, 4) is 0 Å². The lowest BCUT2D eigenvalue weighted by molar-refractivity contribution is -0.115. The molecule has 2 aromatic carbocycles. The molecule has 0 saturated carbocycles. The number of carbonyl (C=O) groups is 1. The monoisotopic (exact) mass is 351 g/mol. The van der Waals surface area contributed by atoms with Gasteiger partial charge < -0.3 is 15.5 Å². The summed E-state index contributed by atoms with van der Waals surface area (Å²) < 4.78 is 0. The van der Waals surface area contributed by atoms with Crippen LogP contribution in [0.1, 0.15) is 6.42 Å². The maximum absolute atomic E-state index is 11.9. The van der Waals surface area contributed by atoms with E-state index in [2.05, 4.69) is 10.6 Å². The van der Waals surface area contributed by atoms with Gasteiger partial charge in [-0.25, -0.2) is 0 Å². The third kappa shape index (κ3) is 5.34. The second kappa shape index (κ2) is 8.09. The minimum atomic E-state index is -0.0554. The summed E-state index contributed by atoms with van der Waals surface area (Å²) in [5.74, 6) is -0.0554. The summed E-state index contributed by atoms with van der Waals surface area (Å²) in [7, 11) is 3.95. The molecule has 0 fully saturated rings. The van der Waals surface area contributed by atoms with Gasteiger partial charge in [-0.15, -0.1) is 0 Å². The standard InChI is InChI=1S/C17H19Cl2N3O/c1-22(2)14-6-4-13(5-7-14)21-17(23)9-10-20-16-8-3-12(18)11-15(16)19/h3-8,11,20H,9-10H2,1-2H3,(H,21,23). The Morgan fingerprint density at radius 1 is 1.09 bits per heavy atom. The van der Waals surface area contributed by atoms with Crippen LogP contribution in [-0.2, 0) is 4.79 Å². The molecule has 0 aliphatic rings. The minimum absolute atomic E-state index is 0.0554. The van der Waals surface area contributed by atoms with Crippen LogP contribution in [0.3, 0.4) is 0 Å². The van der Waals surface area contributed by atoms with Crippen LogP contribution in [0.2, 0.25) is 10.0 Å². The molecule has 0 aliphatic carbocycles. The van der Waals surface area contributed by atoms with Gasteiger partial charge in [0.1, 0.15) is 0 Å². The lowest BCUT2D eigenvalue weighted by atomic mass is 10.2. The summed E-state index contributed by atoms with van der Waals surface area (Å²) in [6, 6.07) is 12.9. The van der Waals surface area contributed by atoms with E-state index in [0.717, 1.165) is 17.1 Å². The van der Waals surface area contributed by atoms with Gasteiger partial charge >= 0.3 is 0 Å². The van der Waals surface area contributed by atoms with Crippen LogP contribution in [-0.4, -0.2) is 26.5 Å². The van der Waals surface area contributed by atoms with Gasteiger partial charge in [-0.3, -0.25) is 4.79 Å². The van der Waals surface area contributed by atoms with Gasteiger partial charge in [0, 0.05) is 43.5 Å². The topological polar surface area (TPSA) is 44.4 Å². The largest absolute Gasteiger partial charge is 0.383 e. The zero-order valence-corrected chi connectivity index (χ0v) is 14.6. The van der Waals surface area contributed by atoms with Gasteiger partial charge in [-0.2, -0.15) is 0 Å². The van der Waals surface area contributed by atoms with E-state index in [1.807, 2.05) is 43.3 Å². The molecule has 0 aromatic heterocycles. The highest BCUT2D eigenvalue weighted by Crippen LogP contribution is 2.25. The quantitative estimate of drug-likeness (QED) is 0.805. The summed E-state index contributed by atoms with van der Waals surface area (Å²) >= 11 is 11.9. The van der Waals surface area contributed by atoms with Crippen LogP contribution in [0.15, 0.2) is 42.5 Å². The average molecular weight is 352 g/mol. The van der Waals surface area contributed by atoms with Crippen LogP contribution in [0, 0.1) is 0 Å². The molecule has 2 N–H and O–H groups in total. The predicted octanol–water partition coefficient (Wildman–Crippen LogP) is 4.50. The number of benzene rings is 2. The highest BCUT2D eigenvalue weighted by Gasteiger charge is 2.05. The SMILES string of the molecule is CN(C)c1ccc(NC(=O)CCNc2ccc(Cl)cc2Cl)cc1. The van der Waals surface area contributed by atoms with Gasteiger partial charge in [-0.05, 0) is 42.5 Å². The summed E-state index contributed by atoms with van der Waals surface area (Å²) in [5.41, 5.74) is 2.63. The maximum atomic E-state index is 11.9. The smallest absolute Gasteiger partial charge is 0.226 e.